The van der Waals surface area contributed by atoms with Gasteiger partial charge in [0, 0.05) is 11.4 Å². The van der Waals surface area contributed by atoms with Gasteiger partial charge in [0.05, 0.1) is 12.9 Å². The van der Waals surface area contributed by atoms with Gasteiger partial charge in [-0.3, -0.25) is 4.79 Å². The lowest BCUT2D eigenvalue weighted by Gasteiger charge is -2.05. The van der Waals surface area contributed by atoms with E-state index in [9.17, 15) is 4.79 Å². The van der Waals surface area contributed by atoms with Crippen LogP contribution in [0.15, 0.2) is 46.8 Å². The molecule has 0 aliphatic rings. The number of benzene rings is 2. The minimum atomic E-state index is -0.0935. The van der Waals surface area contributed by atoms with Crippen molar-refractivity contribution < 1.29 is 9.53 Å². The van der Waals surface area contributed by atoms with Crippen LogP contribution in [0.25, 0.3) is 0 Å². The second kappa shape index (κ2) is 8.88. The molecule has 0 radical (unpaired) electrons. The molecule has 0 saturated heterocycles. The Hall–Kier alpha value is -2.58. The molecule has 1 aromatic heterocycles. The lowest BCUT2D eigenvalue weighted by atomic mass is 10.1. The molecular formula is C19H20N4O2S2. The average molecular weight is 401 g/mol. The number of methoxy groups -OCH3 is 1. The monoisotopic (exact) mass is 400 g/mol. The molecule has 6 nitrogen and oxygen atoms in total. The van der Waals surface area contributed by atoms with Crippen molar-refractivity contribution in [1.29, 1.82) is 0 Å². The average Bonchev–Trinajstić information content (AvgIpc) is 3.11. The molecule has 8 heteroatoms. The van der Waals surface area contributed by atoms with E-state index in [1.807, 2.05) is 6.07 Å². The Balaban J connectivity index is 1.51. The van der Waals surface area contributed by atoms with Crippen molar-refractivity contribution in [1.82, 2.24) is 10.2 Å². The molecule has 0 atom stereocenters. The van der Waals surface area contributed by atoms with E-state index in [-0.39, 0.29) is 11.7 Å². The third kappa shape index (κ3) is 5.45. The zero-order valence-electron chi connectivity index (χ0n) is 15.3. The van der Waals surface area contributed by atoms with Crippen LogP contribution >= 0.6 is 23.1 Å². The van der Waals surface area contributed by atoms with Gasteiger partial charge in [-0.05, 0) is 61.4 Å². The largest absolute Gasteiger partial charge is 0.497 e. The van der Waals surface area contributed by atoms with Gasteiger partial charge < -0.3 is 15.4 Å². The maximum atomic E-state index is 12.1. The number of carbonyl (C=O) groups is 1. The summed E-state index contributed by atoms with van der Waals surface area (Å²) in [7, 11) is 1.61. The van der Waals surface area contributed by atoms with E-state index < -0.39 is 0 Å². The molecular weight excluding hydrogens is 380 g/mol. The van der Waals surface area contributed by atoms with Crippen LogP contribution in [0.3, 0.4) is 0 Å². The van der Waals surface area contributed by atoms with Gasteiger partial charge >= 0.3 is 0 Å². The van der Waals surface area contributed by atoms with E-state index in [1.54, 1.807) is 31.4 Å². The molecule has 1 amide bonds. The van der Waals surface area contributed by atoms with Gasteiger partial charge in [-0.15, -0.1) is 10.2 Å². The highest BCUT2D eigenvalue weighted by Crippen LogP contribution is 2.28. The van der Waals surface area contributed by atoms with E-state index in [2.05, 4.69) is 46.8 Å². The van der Waals surface area contributed by atoms with Crippen LogP contribution in [0.4, 0.5) is 16.5 Å². The predicted molar refractivity (Wildman–Crippen MR) is 111 cm³/mol. The second-order valence-electron chi connectivity index (χ2n) is 5.86. The molecule has 0 spiro atoms. The SMILES string of the molecule is COc1ccc(NC(=O)CSc2nnc(Nc3ccc(C)c(C)c3)s2)cc1. The number of hydrogen-bond donors (Lipinski definition) is 2. The quantitative estimate of drug-likeness (QED) is 0.563. The molecule has 27 heavy (non-hydrogen) atoms. The maximum Gasteiger partial charge on any atom is 0.234 e. The van der Waals surface area contributed by atoms with Gasteiger partial charge in [-0.2, -0.15) is 0 Å². The van der Waals surface area contributed by atoms with Gasteiger partial charge in [0.2, 0.25) is 11.0 Å². The van der Waals surface area contributed by atoms with Gasteiger partial charge in [0.15, 0.2) is 4.34 Å². The number of nitrogens with zero attached hydrogens (tertiary/aromatic N) is 2. The third-order valence-corrected chi connectivity index (χ3v) is 5.84. The van der Waals surface area contributed by atoms with Gasteiger partial charge in [-0.1, -0.05) is 29.2 Å². The fourth-order valence-electron chi connectivity index (χ4n) is 2.26. The standard InChI is InChI=1S/C19H20N4O2S2/c1-12-4-5-15(10-13(12)2)21-18-22-23-19(27-18)26-11-17(24)20-14-6-8-16(25-3)9-7-14/h4-10H,11H2,1-3H3,(H,20,24)(H,21,22). The van der Waals surface area contributed by atoms with E-state index >= 15 is 0 Å². The first-order valence-electron chi connectivity index (χ1n) is 8.28. The first-order chi connectivity index (χ1) is 13.0. The summed E-state index contributed by atoms with van der Waals surface area (Å²) >= 11 is 2.78. The number of aromatic nitrogens is 2. The Bertz CT molecular complexity index is 926. The highest BCUT2D eigenvalue weighted by Gasteiger charge is 2.09. The van der Waals surface area contributed by atoms with Crippen LogP contribution in [-0.2, 0) is 4.79 Å². The fraction of sp³-hybridized carbons (Fsp3) is 0.211. The summed E-state index contributed by atoms with van der Waals surface area (Å²) in [5.41, 5.74) is 4.17. The zero-order valence-corrected chi connectivity index (χ0v) is 16.9. The van der Waals surface area contributed by atoms with Crippen LogP contribution in [0.1, 0.15) is 11.1 Å². The Morgan fingerprint density at radius 1 is 1.07 bits per heavy atom. The van der Waals surface area contributed by atoms with Crippen molar-refractivity contribution in [3.05, 3.63) is 53.6 Å². The summed E-state index contributed by atoms with van der Waals surface area (Å²) in [6.45, 7) is 4.15. The smallest absolute Gasteiger partial charge is 0.234 e. The summed E-state index contributed by atoms with van der Waals surface area (Å²) in [5, 5.41) is 15.1. The van der Waals surface area contributed by atoms with E-state index in [0.717, 1.165) is 21.5 Å². The number of aryl methyl sites for hydroxylation is 2. The lowest BCUT2D eigenvalue weighted by Crippen LogP contribution is -2.13. The lowest BCUT2D eigenvalue weighted by molar-refractivity contribution is -0.113. The molecule has 0 fully saturated rings. The van der Waals surface area contributed by atoms with Crippen molar-refractivity contribution in [2.45, 2.75) is 18.2 Å². The summed E-state index contributed by atoms with van der Waals surface area (Å²) in [6.07, 6.45) is 0. The van der Waals surface area contributed by atoms with Crippen LogP contribution in [0.2, 0.25) is 0 Å². The summed E-state index contributed by atoms with van der Waals surface area (Å²) in [5.74, 6) is 0.925. The van der Waals surface area contributed by atoms with E-state index in [1.165, 1.54) is 34.2 Å². The number of rotatable bonds is 7. The normalized spacial score (nSPS) is 10.5. The van der Waals surface area contributed by atoms with Crippen molar-refractivity contribution in [3.8, 4) is 5.75 Å². The summed E-state index contributed by atoms with van der Waals surface area (Å²) in [4.78, 5) is 12.1. The second-order valence-corrected chi connectivity index (χ2v) is 8.06. The van der Waals surface area contributed by atoms with Crippen LogP contribution in [0.5, 0.6) is 5.75 Å². The topological polar surface area (TPSA) is 76.1 Å². The Morgan fingerprint density at radius 2 is 1.81 bits per heavy atom. The number of ether oxygens (including phenoxy) is 1. The number of hydrogen-bond acceptors (Lipinski definition) is 7. The summed E-state index contributed by atoms with van der Waals surface area (Å²) in [6, 6.07) is 13.4. The molecule has 140 valence electrons. The molecule has 3 aromatic rings. The molecule has 3 rings (SSSR count). The number of anilines is 3. The van der Waals surface area contributed by atoms with Crippen LogP contribution in [0, 0.1) is 13.8 Å². The molecule has 0 aliphatic heterocycles. The van der Waals surface area contributed by atoms with Crippen molar-refractivity contribution in [2.24, 2.45) is 0 Å². The zero-order chi connectivity index (χ0) is 19.2. The highest BCUT2D eigenvalue weighted by atomic mass is 32.2. The Labute approximate surface area is 166 Å². The number of carbonyl (C=O) groups excluding carboxylic acids is 1. The minimum absolute atomic E-state index is 0.0935. The predicted octanol–water partition coefficient (Wildman–Crippen LogP) is 4.64. The maximum absolute atomic E-state index is 12.1. The molecule has 0 saturated carbocycles. The molecule has 2 N–H and O–H groups in total. The van der Waals surface area contributed by atoms with Gasteiger partial charge in [0.25, 0.3) is 0 Å². The molecule has 0 bridgehead atoms. The van der Waals surface area contributed by atoms with Crippen molar-refractivity contribution in [3.63, 3.8) is 0 Å². The Kier molecular flexibility index (Phi) is 6.31. The third-order valence-electron chi connectivity index (χ3n) is 3.87. The van der Waals surface area contributed by atoms with Gasteiger partial charge in [-0.25, -0.2) is 0 Å². The number of nitrogens with one attached hydrogen (secondary N) is 2. The van der Waals surface area contributed by atoms with Crippen molar-refractivity contribution >= 4 is 45.5 Å². The molecule has 0 aliphatic carbocycles. The molecule has 0 unspecified atom stereocenters. The first kappa shape index (κ1) is 19.2. The van der Waals surface area contributed by atoms with Crippen LogP contribution < -0.4 is 15.4 Å². The van der Waals surface area contributed by atoms with Crippen molar-refractivity contribution in [2.75, 3.05) is 23.5 Å². The summed E-state index contributed by atoms with van der Waals surface area (Å²) < 4.78 is 5.84. The number of thioether (sulfide) groups is 1. The minimum Gasteiger partial charge on any atom is -0.497 e. The fourth-order valence-corrected chi connectivity index (χ4v) is 3.83. The Morgan fingerprint density at radius 3 is 2.52 bits per heavy atom. The van der Waals surface area contributed by atoms with Crippen LogP contribution in [-0.4, -0.2) is 29.0 Å². The number of amides is 1. The molecule has 2 aromatic carbocycles. The molecule has 1 heterocycles. The highest BCUT2D eigenvalue weighted by molar-refractivity contribution is 8.01. The van der Waals surface area contributed by atoms with Gasteiger partial charge in [0.1, 0.15) is 5.75 Å². The van der Waals surface area contributed by atoms with E-state index in [4.69, 9.17) is 4.74 Å². The van der Waals surface area contributed by atoms with E-state index in [0.29, 0.717) is 5.13 Å². The first-order valence-corrected chi connectivity index (χ1v) is 10.1.